The second-order valence-corrected chi connectivity index (χ2v) is 6.97. The monoisotopic (exact) mass is 339 g/mol. The standard InChI is InChI=1S/C16H21NO5S/c1-3-7-14(22-23(19,20)10-4-2)16(18)21-15-11-17-13-9-6-5-8-12(13)15/h5-6,8-9,11,14,17H,3-4,7,10H2,1-2H3. The van der Waals surface area contributed by atoms with Gasteiger partial charge in [-0.15, -0.1) is 0 Å². The Balaban J connectivity index is 2.15. The highest BCUT2D eigenvalue weighted by molar-refractivity contribution is 7.86. The summed E-state index contributed by atoms with van der Waals surface area (Å²) in [5.74, 6) is -0.451. The van der Waals surface area contributed by atoms with E-state index in [4.69, 9.17) is 8.92 Å². The molecule has 1 aromatic carbocycles. The van der Waals surface area contributed by atoms with Gasteiger partial charge in [0.2, 0.25) is 0 Å². The van der Waals surface area contributed by atoms with Gasteiger partial charge in [0, 0.05) is 17.1 Å². The van der Waals surface area contributed by atoms with Crippen LogP contribution in [-0.2, 0) is 19.1 Å². The number of hydrogen-bond donors (Lipinski definition) is 1. The van der Waals surface area contributed by atoms with Gasteiger partial charge in [-0.25, -0.2) is 4.79 Å². The third-order valence-corrected chi connectivity index (χ3v) is 4.73. The molecule has 0 aliphatic carbocycles. The molecule has 0 saturated carbocycles. The zero-order valence-corrected chi connectivity index (χ0v) is 14.1. The zero-order valence-electron chi connectivity index (χ0n) is 13.2. The van der Waals surface area contributed by atoms with Crippen molar-refractivity contribution < 1.29 is 22.1 Å². The number of nitrogens with one attached hydrogen (secondary N) is 1. The van der Waals surface area contributed by atoms with Gasteiger partial charge in [0.05, 0.1) is 5.75 Å². The molecule has 6 nitrogen and oxygen atoms in total. The Morgan fingerprint density at radius 1 is 1.22 bits per heavy atom. The van der Waals surface area contributed by atoms with E-state index in [9.17, 15) is 13.2 Å². The maximum Gasteiger partial charge on any atom is 0.342 e. The molecular weight excluding hydrogens is 318 g/mol. The van der Waals surface area contributed by atoms with Gasteiger partial charge in [-0.3, -0.25) is 4.18 Å². The van der Waals surface area contributed by atoms with Gasteiger partial charge in [0.25, 0.3) is 10.1 Å². The molecule has 23 heavy (non-hydrogen) atoms. The average Bonchev–Trinajstić information content (AvgIpc) is 2.90. The number of rotatable bonds is 8. The van der Waals surface area contributed by atoms with E-state index < -0.39 is 22.2 Å². The number of H-pyrrole nitrogens is 1. The van der Waals surface area contributed by atoms with Crippen LogP contribution in [0.5, 0.6) is 5.75 Å². The molecule has 7 heteroatoms. The molecule has 1 aromatic heterocycles. The minimum atomic E-state index is -3.73. The second kappa shape index (κ2) is 7.61. The summed E-state index contributed by atoms with van der Waals surface area (Å²) in [7, 11) is -3.73. The molecule has 2 rings (SSSR count). The van der Waals surface area contributed by atoms with Gasteiger partial charge in [-0.2, -0.15) is 8.42 Å². The van der Waals surface area contributed by atoms with Crippen LogP contribution < -0.4 is 4.74 Å². The molecule has 0 saturated heterocycles. The van der Waals surface area contributed by atoms with Crippen LogP contribution in [0.25, 0.3) is 10.9 Å². The van der Waals surface area contributed by atoms with Crippen molar-refractivity contribution in [1.29, 1.82) is 0 Å². The van der Waals surface area contributed by atoms with Crippen LogP contribution in [0.1, 0.15) is 33.1 Å². The van der Waals surface area contributed by atoms with Gasteiger partial charge < -0.3 is 9.72 Å². The van der Waals surface area contributed by atoms with Gasteiger partial charge in [-0.1, -0.05) is 32.4 Å². The number of aromatic nitrogens is 1. The number of para-hydroxylation sites is 1. The summed E-state index contributed by atoms with van der Waals surface area (Å²) in [5.41, 5.74) is 0.835. The van der Waals surface area contributed by atoms with E-state index >= 15 is 0 Å². The number of carbonyl (C=O) groups is 1. The first kappa shape index (κ1) is 17.5. The second-order valence-electron chi connectivity index (χ2n) is 5.25. The van der Waals surface area contributed by atoms with E-state index in [1.807, 2.05) is 31.2 Å². The summed E-state index contributed by atoms with van der Waals surface area (Å²) in [6.45, 7) is 3.59. The van der Waals surface area contributed by atoms with Crippen LogP contribution in [0, 0.1) is 0 Å². The van der Waals surface area contributed by atoms with E-state index in [1.54, 1.807) is 13.1 Å². The Labute approximate surface area is 135 Å². The van der Waals surface area contributed by atoms with Gasteiger partial charge in [0.1, 0.15) is 0 Å². The van der Waals surface area contributed by atoms with Crippen LogP contribution in [0.15, 0.2) is 30.5 Å². The van der Waals surface area contributed by atoms with Gasteiger partial charge in [-0.05, 0) is 25.0 Å². The molecule has 0 bridgehead atoms. The normalized spacial score (nSPS) is 13.1. The molecule has 1 atom stereocenters. The van der Waals surface area contributed by atoms with Crippen LogP contribution >= 0.6 is 0 Å². The summed E-state index contributed by atoms with van der Waals surface area (Å²) in [6, 6.07) is 7.38. The Kier molecular flexibility index (Phi) is 5.79. The number of esters is 1. The first-order valence-electron chi connectivity index (χ1n) is 7.65. The Morgan fingerprint density at radius 2 is 1.96 bits per heavy atom. The van der Waals surface area contributed by atoms with Crippen molar-refractivity contribution in [2.75, 3.05) is 5.75 Å². The molecule has 1 N–H and O–H groups in total. The molecule has 0 aliphatic heterocycles. The predicted molar refractivity (Wildman–Crippen MR) is 87.8 cm³/mol. The summed E-state index contributed by atoms with van der Waals surface area (Å²) in [5, 5.41) is 0.757. The Hall–Kier alpha value is -1.86. The Bertz CT molecular complexity index is 766. The fraction of sp³-hybridized carbons (Fsp3) is 0.438. The maximum atomic E-state index is 12.3. The van der Waals surface area contributed by atoms with E-state index in [2.05, 4.69) is 4.98 Å². The molecule has 1 unspecified atom stereocenters. The number of aromatic amines is 1. The molecule has 0 fully saturated rings. The maximum absolute atomic E-state index is 12.3. The lowest BCUT2D eigenvalue weighted by Gasteiger charge is -2.15. The van der Waals surface area contributed by atoms with Crippen molar-refractivity contribution in [3.63, 3.8) is 0 Å². The molecular formula is C16H21NO5S. The van der Waals surface area contributed by atoms with Crippen molar-refractivity contribution >= 4 is 27.0 Å². The molecule has 0 amide bonds. The number of carbonyl (C=O) groups excluding carboxylic acids is 1. The highest BCUT2D eigenvalue weighted by Crippen LogP contribution is 2.25. The SMILES string of the molecule is CCCC(OS(=O)(=O)CCC)C(=O)Oc1c[nH]c2ccccc12. The molecule has 126 valence electrons. The van der Waals surface area contributed by atoms with E-state index in [0.717, 1.165) is 10.9 Å². The van der Waals surface area contributed by atoms with Crippen molar-refractivity contribution in [2.24, 2.45) is 0 Å². The van der Waals surface area contributed by atoms with Crippen molar-refractivity contribution in [2.45, 2.75) is 39.2 Å². The zero-order chi connectivity index (χ0) is 16.9. The number of ether oxygens (including phenoxy) is 1. The first-order chi connectivity index (χ1) is 11.0. The molecule has 0 aliphatic rings. The number of benzene rings is 1. The lowest BCUT2D eigenvalue weighted by Crippen LogP contribution is -2.31. The quantitative estimate of drug-likeness (QED) is 0.590. The average molecular weight is 339 g/mol. The van der Waals surface area contributed by atoms with Crippen LogP contribution in [0.2, 0.25) is 0 Å². The molecule has 0 radical (unpaired) electrons. The molecule has 1 heterocycles. The van der Waals surface area contributed by atoms with Crippen LogP contribution in [-0.4, -0.2) is 31.2 Å². The molecule has 2 aromatic rings. The van der Waals surface area contributed by atoms with Gasteiger partial charge in [0.15, 0.2) is 11.9 Å². The summed E-state index contributed by atoms with van der Waals surface area (Å²) >= 11 is 0. The third-order valence-electron chi connectivity index (χ3n) is 3.29. The number of hydrogen-bond acceptors (Lipinski definition) is 5. The lowest BCUT2D eigenvalue weighted by molar-refractivity contribution is -0.142. The van der Waals surface area contributed by atoms with E-state index in [0.29, 0.717) is 18.6 Å². The summed E-state index contributed by atoms with van der Waals surface area (Å²) < 4.78 is 34.0. The van der Waals surface area contributed by atoms with E-state index in [1.165, 1.54) is 0 Å². The largest absolute Gasteiger partial charge is 0.422 e. The van der Waals surface area contributed by atoms with Crippen LogP contribution in [0.4, 0.5) is 0 Å². The fourth-order valence-corrected chi connectivity index (χ4v) is 3.37. The smallest absolute Gasteiger partial charge is 0.342 e. The Morgan fingerprint density at radius 3 is 2.65 bits per heavy atom. The summed E-state index contributed by atoms with van der Waals surface area (Å²) in [4.78, 5) is 15.3. The third kappa shape index (κ3) is 4.56. The van der Waals surface area contributed by atoms with Gasteiger partial charge >= 0.3 is 5.97 Å². The van der Waals surface area contributed by atoms with Crippen molar-refractivity contribution in [1.82, 2.24) is 4.98 Å². The predicted octanol–water partition coefficient (Wildman–Crippen LogP) is 3.00. The fourth-order valence-electron chi connectivity index (χ4n) is 2.25. The summed E-state index contributed by atoms with van der Waals surface area (Å²) in [6.07, 6.45) is 1.77. The highest BCUT2D eigenvalue weighted by atomic mass is 32.2. The minimum Gasteiger partial charge on any atom is -0.422 e. The van der Waals surface area contributed by atoms with Crippen LogP contribution in [0.3, 0.4) is 0 Å². The first-order valence-corrected chi connectivity index (χ1v) is 9.23. The number of fused-ring (bicyclic) bond motifs is 1. The topological polar surface area (TPSA) is 85.5 Å². The minimum absolute atomic E-state index is 0.117. The highest BCUT2D eigenvalue weighted by Gasteiger charge is 2.27. The van der Waals surface area contributed by atoms with E-state index in [-0.39, 0.29) is 12.2 Å². The van der Waals surface area contributed by atoms with Crippen molar-refractivity contribution in [3.8, 4) is 5.75 Å². The molecule has 0 spiro atoms. The lowest BCUT2D eigenvalue weighted by atomic mass is 10.2. The van der Waals surface area contributed by atoms with Crippen molar-refractivity contribution in [3.05, 3.63) is 30.5 Å².